The zero-order chi connectivity index (χ0) is 11.3. The first-order chi connectivity index (χ1) is 6.80. The molecule has 3 heteroatoms. The van der Waals surface area contributed by atoms with Crippen LogP contribution in [0.5, 0.6) is 0 Å². The molecule has 1 aliphatic heterocycles. The molecule has 0 bridgehead atoms. The third kappa shape index (κ3) is 1.77. The molecule has 2 rings (SSSR count). The van der Waals surface area contributed by atoms with Gasteiger partial charge >= 0.3 is 0 Å². The van der Waals surface area contributed by atoms with Gasteiger partial charge in [0.2, 0.25) is 0 Å². The van der Waals surface area contributed by atoms with Gasteiger partial charge in [-0.25, -0.2) is 0 Å². The molecule has 2 fully saturated rings. The van der Waals surface area contributed by atoms with Gasteiger partial charge in [0.15, 0.2) is 0 Å². The van der Waals surface area contributed by atoms with Crippen LogP contribution in [0.15, 0.2) is 0 Å². The molecule has 3 nitrogen and oxygen atoms in total. The largest absolute Gasteiger partial charge is 0.367 e. The van der Waals surface area contributed by atoms with Crippen molar-refractivity contribution in [3.63, 3.8) is 0 Å². The highest BCUT2D eigenvalue weighted by molar-refractivity contribution is 5.24. The zero-order valence-corrected chi connectivity index (χ0v) is 10.1. The van der Waals surface area contributed by atoms with Crippen LogP contribution in [0.1, 0.15) is 47.0 Å². The van der Waals surface area contributed by atoms with Crippen molar-refractivity contribution in [2.45, 2.75) is 69.7 Å². The van der Waals surface area contributed by atoms with Gasteiger partial charge in [0.1, 0.15) is 5.54 Å². The number of hydrogen-bond acceptors (Lipinski definition) is 3. The van der Waals surface area contributed by atoms with E-state index in [-0.39, 0.29) is 5.60 Å². The van der Waals surface area contributed by atoms with E-state index in [1.54, 1.807) is 0 Å². The van der Waals surface area contributed by atoms with E-state index < -0.39 is 11.1 Å². The molecule has 2 aliphatic rings. The molecule has 1 N–H and O–H groups in total. The van der Waals surface area contributed by atoms with Gasteiger partial charge in [-0.1, -0.05) is 0 Å². The van der Waals surface area contributed by atoms with Crippen LogP contribution in [0, 0.1) is 11.3 Å². The Hall–Kier alpha value is -0.590. The molecular weight excluding hydrogens is 188 g/mol. The maximum absolute atomic E-state index is 9.47. The summed E-state index contributed by atoms with van der Waals surface area (Å²) in [4.78, 5) is 0. The molecule has 84 valence electrons. The first-order valence-corrected chi connectivity index (χ1v) is 5.69. The van der Waals surface area contributed by atoms with E-state index in [2.05, 4.69) is 25.2 Å². The molecule has 0 spiro atoms. The Kier molecular flexibility index (Phi) is 2.15. The summed E-state index contributed by atoms with van der Waals surface area (Å²) >= 11 is 0. The summed E-state index contributed by atoms with van der Waals surface area (Å²) in [6.07, 6.45) is 3.15. The molecule has 0 aromatic heterocycles. The molecule has 0 aromatic carbocycles. The van der Waals surface area contributed by atoms with Crippen molar-refractivity contribution in [1.82, 2.24) is 5.32 Å². The van der Waals surface area contributed by atoms with Crippen LogP contribution in [0.3, 0.4) is 0 Å². The molecule has 0 amide bonds. The lowest BCUT2D eigenvalue weighted by atomic mass is 9.80. The van der Waals surface area contributed by atoms with E-state index in [0.717, 1.165) is 6.42 Å². The fraction of sp³-hybridized carbons (Fsp3) is 0.917. The summed E-state index contributed by atoms with van der Waals surface area (Å²) in [6.45, 7) is 8.14. The third-order valence-electron chi connectivity index (χ3n) is 3.47. The molecular formula is C12H20N2O. The average molecular weight is 208 g/mol. The standard InChI is InChI=1S/C12H20N2O/c1-10(2)7-12(8-13,11(3,4)15-10)14-9-5-6-9/h9,14H,5-7H2,1-4H3. The van der Waals surface area contributed by atoms with Gasteiger partial charge in [-0.15, -0.1) is 0 Å². The second kappa shape index (κ2) is 2.96. The SMILES string of the molecule is CC1(C)CC(C#N)(NC2CC2)C(C)(C)O1. The smallest absolute Gasteiger partial charge is 0.138 e. The van der Waals surface area contributed by atoms with Crippen molar-refractivity contribution in [1.29, 1.82) is 5.26 Å². The minimum Gasteiger partial charge on any atom is -0.367 e. The summed E-state index contributed by atoms with van der Waals surface area (Å²) in [5, 5.41) is 12.9. The van der Waals surface area contributed by atoms with Crippen LogP contribution < -0.4 is 5.32 Å². The highest BCUT2D eigenvalue weighted by Gasteiger charge is 2.59. The molecule has 1 saturated carbocycles. The summed E-state index contributed by atoms with van der Waals surface area (Å²) in [6, 6.07) is 2.99. The highest BCUT2D eigenvalue weighted by atomic mass is 16.5. The monoisotopic (exact) mass is 208 g/mol. The van der Waals surface area contributed by atoms with E-state index in [0.29, 0.717) is 6.04 Å². The van der Waals surface area contributed by atoms with Crippen molar-refractivity contribution in [2.75, 3.05) is 0 Å². The number of nitriles is 1. The van der Waals surface area contributed by atoms with E-state index >= 15 is 0 Å². The van der Waals surface area contributed by atoms with Crippen LogP contribution in [0.25, 0.3) is 0 Å². The Morgan fingerprint density at radius 3 is 2.20 bits per heavy atom. The molecule has 1 unspecified atom stereocenters. The van der Waals surface area contributed by atoms with E-state index in [1.165, 1.54) is 12.8 Å². The van der Waals surface area contributed by atoms with Crippen molar-refractivity contribution in [3.8, 4) is 6.07 Å². The highest BCUT2D eigenvalue weighted by Crippen LogP contribution is 2.46. The van der Waals surface area contributed by atoms with Crippen LogP contribution in [-0.2, 0) is 4.74 Å². The Balaban J connectivity index is 2.26. The summed E-state index contributed by atoms with van der Waals surface area (Å²) in [5.74, 6) is 0. The topological polar surface area (TPSA) is 45.0 Å². The van der Waals surface area contributed by atoms with Gasteiger partial charge in [-0.3, -0.25) is 5.32 Å². The minimum atomic E-state index is -0.516. The van der Waals surface area contributed by atoms with Gasteiger partial charge in [-0.2, -0.15) is 5.26 Å². The first kappa shape index (κ1) is 10.9. The number of ether oxygens (including phenoxy) is 1. The van der Waals surface area contributed by atoms with Crippen molar-refractivity contribution in [2.24, 2.45) is 0 Å². The van der Waals surface area contributed by atoms with E-state index in [9.17, 15) is 5.26 Å². The van der Waals surface area contributed by atoms with Gasteiger partial charge in [0, 0.05) is 12.5 Å². The number of nitrogens with one attached hydrogen (secondary N) is 1. The molecule has 15 heavy (non-hydrogen) atoms. The lowest BCUT2D eigenvalue weighted by Crippen LogP contribution is -2.57. The molecule has 1 aliphatic carbocycles. The van der Waals surface area contributed by atoms with Crippen LogP contribution in [0.4, 0.5) is 0 Å². The van der Waals surface area contributed by atoms with Gasteiger partial charge in [-0.05, 0) is 40.5 Å². The fourth-order valence-corrected chi connectivity index (χ4v) is 2.67. The quantitative estimate of drug-likeness (QED) is 0.754. The maximum Gasteiger partial charge on any atom is 0.138 e. The Morgan fingerprint density at radius 2 is 1.87 bits per heavy atom. The second-order valence-corrected chi connectivity index (χ2v) is 5.98. The van der Waals surface area contributed by atoms with Crippen molar-refractivity contribution in [3.05, 3.63) is 0 Å². The zero-order valence-electron chi connectivity index (χ0n) is 10.1. The fourth-order valence-electron chi connectivity index (χ4n) is 2.67. The number of hydrogen-bond donors (Lipinski definition) is 1. The van der Waals surface area contributed by atoms with Gasteiger partial charge < -0.3 is 4.74 Å². The summed E-state index contributed by atoms with van der Waals surface area (Å²) in [5.41, 5.74) is -1.13. The number of rotatable bonds is 2. The summed E-state index contributed by atoms with van der Waals surface area (Å²) in [7, 11) is 0. The maximum atomic E-state index is 9.47. The Morgan fingerprint density at radius 1 is 1.27 bits per heavy atom. The van der Waals surface area contributed by atoms with Gasteiger partial charge in [0.05, 0.1) is 17.3 Å². The third-order valence-corrected chi connectivity index (χ3v) is 3.47. The van der Waals surface area contributed by atoms with E-state index in [1.807, 2.05) is 13.8 Å². The normalized spacial score (nSPS) is 37.5. The van der Waals surface area contributed by atoms with Crippen LogP contribution in [-0.4, -0.2) is 22.8 Å². The Labute approximate surface area is 91.8 Å². The predicted molar refractivity (Wildman–Crippen MR) is 58.4 cm³/mol. The summed E-state index contributed by atoms with van der Waals surface area (Å²) < 4.78 is 5.99. The lowest BCUT2D eigenvalue weighted by Gasteiger charge is -2.34. The van der Waals surface area contributed by atoms with Crippen molar-refractivity contribution >= 4 is 0 Å². The lowest BCUT2D eigenvalue weighted by molar-refractivity contribution is -0.0767. The number of nitrogens with zero attached hydrogens (tertiary/aromatic N) is 1. The minimum absolute atomic E-state index is 0.207. The molecule has 0 radical (unpaired) electrons. The van der Waals surface area contributed by atoms with E-state index in [4.69, 9.17) is 4.74 Å². The molecule has 1 heterocycles. The molecule has 1 atom stereocenters. The second-order valence-electron chi connectivity index (χ2n) is 5.98. The first-order valence-electron chi connectivity index (χ1n) is 5.69. The predicted octanol–water partition coefficient (Wildman–Crippen LogP) is 1.98. The Bertz CT molecular complexity index is 312. The van der Waals surface area contributed by atoms with Gasteiger partial charge in [0.25, 0.3) is 0 Å². The van der Waals surface area contributed by atoms with Crippen molar-refractivity contribution < 1.29 is 4.74 Å². The van der Waals surface area contributed by atoms with Crippen LogP contribution >= 0.6 is 0 Å². The molecule has 0 aromatic rings. The molecule has 1 saturated heterocycles. The van der Waals surface area contributed by atoms with Crippen LogP contribution in [0.2, 0.25) is 0 Å². The average Bonchev–Trinajstić information content (AvgIpc) is 2.80.